The number of esters is 1. The Kier molecular flexibility index (Phi) is 7.99. The van der Waals surface area contributed by atoms with Crippen molar-refractivity contribution < 1.29 is 38.9 Å². The standard InChI is InChI=1S/C16H24N4O8/c1-10(27-16(24)28-11-5-3-2-4-6-11)26-15(23)13(21)7-8-17-14(22)12-9-20(25)19-18-12/h9-11,13,21,25H,2-8H2,1H3,(H,17,22). The molecule has 12 nitrogen and oxygen atoms in total. The van der Waals surface area contributed by atoms with E-state index in [9.17, 15) is 19.5 Å². The zero-order valence-electron chi connectivity index (χ0n) is 15.4. The van der Waals surface area contributed by atoms with Crippen LogP contribution in [0.15, 0.2) is 6.20 Å². The molecule has 12 heteroatoms. The third kappa shape index (κ3) is 7.02. The molecule has 3 N–H and O–H groups in total. The van der Waals surface area contributed by atoms with Crippen LogP contribution in [0.1, 0.15) is 55.9 Å². The molecule has 2 unspecified atom stereocenters. The van der Waals surface area contributed by atoms with Crippen LogP contribution in [0.5, 0.6) is 0 Å². The van der Waals surface area contributed by atoms with E-state index in [1.807, 2.05) is 0 Å². The molecular formula is C16H24N4O8. The van der Waals surface area contributed by atoms with Gasteiger partial charge in [0, 0.05) is 19.9 Å². The summed E-state index contributed by atoms with van der Waals surface area (Å²) < 4.78 is 14.8. The number of aliphatic hydroxyl groups is 1. The number of rotatable bonds is 8. The van der Waals surface area contributed by atoms with Gasteiger partial charge in [0.25, 0.3) is 5.91 Å². The summed E-state index contributed by atoms with van der Waals surface area (Å²) in [5.41, 5.74) is -0.127. The Labute approximate surface area is 160 Å². The second-order valence-electron chi connectivity index (χ2n) is 6.33. The monoisotopic (exact) mass is 400 g/mol. The van der Waals surface area contributed by atoms with Crippen molar-refractivity contribution in [3.8, 4) is 0 Å². The molecular weight excluding hydrogens is 376 g/mol. The van der Waals surface area contributed by atoms with E-state index >= 15 is 0 Å². The van der Waals surface area contributed by atoms with Gasteiger partial charge in [0.2, 0.25) is 6.29 Å². The number of carbonyl (C=O) groups excluding carboxylic acids is 3. The Morgan fingerprint density at radius 3 is 2.64 bits per heavy atom. The number of aliphatic hydroxyl groups excluding tert-OH is 1. The number of hydrogen-bond donors (Lipinski definition) is 3. The van der Waals surface area contributed by atoms with Gasteiger partial charge in [-0.25, -0.2) is 9.59 Å². The molecule has 2 rings (SSSR count). The van der Waals surface area contributed by atoms with E-state index in [-0.39, 0.29) is 24.8 Å². The molecule has 28 heavy (non-hydrogen) atoms. The average Bonchev–Trinajstić information content (AvgIpc) is 3.08. The summed E-state index contributed by atoms with van der Waals surface area (Å²) in [6.07, 6.45) is 1.63. The predicted octanol–water partition coefficient (Wildman–Crippen LogP) is 0.371. The zero-order valence-corrected chi connectivity index (χ0v) is 15.4. The maximum atomic E-state index is 11.8. The fraction of sp³-hybridized carbons (Fsp3) is 0.688. The number of carbonyl (C=O) groups is 3. The van der Waals surface area contributed by atoms with Crippen LogP contribution >= 0.6 is 0 Å². The van der Waals surface area contributed by atoms with Gasteiger partial charge >= 0.3 is 12.1 Å². The second kappa shape index (κ2) is 10.4. The zero-order chi connectivity index (χ0) is 20.5. The maximum absolute atomic E-state index is 11.8. The fourth-order valence-corrected chi connectivity index (χ4v) is 2.64. The molecule has 0 spiro atoms. The summed E-state index contributed by atoms with van der Waals surface area (Å²) in [4.78, 5) is 35.5. The first-order chi connectivity index (χ1) is 13.3. The first-order valence-corrected chi connectivity index (χ1v) is 9.00. The van der Waals surface area contributed by atoms with Crippen molar-refractivity contribution in [2.24, 2.45) is 0 Å². The molecule has 2 atom stereocenters. The molecule has 0 saturated heterocycles. The van der Waals surface area contributed by atoms with E-state index in [4.69, 9.17) is 19.4 Å². The lowest BCUT2D eigenvalue weighted by Gasteiger charge is -2.22. The number of nitrogens with one attached hydrogen (secondary N) is 1. The van der Waals surface area contributed by atoms with Crippen molar-refractivity contribution >= 4 is 18.0 Å². The lowest BCUT2D eigenvalue weighted by atomic mass is 9.98. The van der Waals surface area contributed by atoms with Gasteiger partial charge < -0.3 is 29.8 Å². The Bertz CT molecular complexity index is 673. The largest absolute Gasteiger partial charge is 0.511 e. The Morgan fingerprint density at radius 1 is 1.29 bits per heavy atom. The molecule has 0 aromatic carbocycles. The maximum Gasteiger partial charge on any atom is 0.511 e. The first kappa shape index (κ1) is 21.4. The third-order valence-electron chi connectivity index (χ3n) is 4.05. The van der Waals surface area contributed by atoms with Crippen LogP contribution in [0.3, 0.4) is 0 Å². The minimum Gasteiger partial charge on any atom is -0.431 e. The van der Waals surface area contributed by atoms with Gasteiger partial charge in [-0.3, -0.25) is 4.79 Å². The van der Waals surface area contributed by atoms with Crippen LogP contribution < -0.4 is 5.32 Å². The molecule has 1 heterocycles. The van der Waals surface area contributed by atoms with Gasteiger partial charge in [0.05, 0.1) is 6.20 Å². The molecule has 0 radical (unpaired) electrons. The molecule has 1 saturated carbocycles. The quantitative estimate of drug-likeness (QED) is 0.316. The van der Waals surface area contributed by atoms with E-state index in [0.717, 1.165) is 38.3 Å². The smallest absolute Gasteiger partial charge is 0.431 e. The topological polar surface area (TPSA) is 162 Å². The highest BCUT2D eigenvalue weighted by Gasteiger charge is 2.24. The summed E-state index contributed by atoms with van der Waals surface area (Å²) in [7, 11) is 0. The SMILES string of the molecule is CC(OC(=O)OC1CCCCC1)OC(=O)C(O)CCNC(=O)c1cn(O)nn1. The summed E-state index contributed by atoms with van der Waals surface area (Å²) >= 11 is 0. The van der Waals surface area contributed by atoms with E-state index in [2.05, 4.69) is 15.6 Å². The van der Waals surface area contributed by atoms with Gasteiger partial charge in [-0.2, -0.15) is 0 Å². The lowest BCUT2D eigenvalue weighted by Crippen LogP contribution is -2.34. The van der Waals surface area contributed by atoms with Crippen molar-refractivity contribution in [3.63, 3.8) is 0 Å². The van der Waals surface area contributed by atoms with E-state index in [0.29, 0.717) is 4.85 Å². The molecule has 1 aromatic heterocycles. The Hall–Kier alpha value is -2.89. The van der Waals surface area contributed by atoms with Crippen LogP contribution in [0.4, 0.5) is 4.79 Å². The van der Waals surface area contributed by atoms with Crippen molar-refractivity contribution in [2.75, 3.05) is 6.54 Å². The molecule has 156 valence electrons. The molecule has 1 aliphatic rings. The highest BCUT2D eigenvalue weighted by atomic mass is 16.8. The summed E-state index contributed by atoms with van der Waals surface area (Å²) in [5.74, 6) is -1.64. The van der Waals surface area contributed by atoms with Gasteiger partial charge in [-0.15, -0.1) is 5.10 Å². The van der Waals surface area contributed by atoms with Crippen LogP contribution in [0.25, 0.3) is 0 Å². The van der Waals surface area contributed by atoms with Crippen LogP contribution in [-0.4, -0.2) is 68.5 Å². The van der Waals surface area contributed by atoms with Gasteiger partial charge in [-0.1, -0.05) is 11.3 Å². The van der Waals surface area contributed by atoms with Crippen LogP contribution in [0.2, 0.25) is 0 Å². The van der Waals surface area contributed by atoms with Crippen molar-refractivity contribution in [2.45, 2.75) is 63.9 Å². The fourth-order valence-electron chi connectivity index (χ4n) is 2.64. The van der Waals surface area contributed by atoms with E-state index < -0.39 is 30.4 Å². The molecule has 1 aromatic rings. The average molecular weight is 400 g/mol. The van der Waals surface area contributed by atoms with Gasteiger partial charge in [0.15, 0.2) is 11.8 Å². The predicted molar refractivity (Wildman–Crippen MR) is 90.2 cm³/mol. The van der Waals surface area contributed by atoms with E-state index in [1.54, 1.807) is 0 Å². The molecule has 0 bridgehead atoms. The van der Waals surface area contributed by atoms with Crippen molar-refractivity contribution in [1.82, 2.24) is 20.5 Å². The minimum absolute atomic E-state index is 0.0631. The highest BCUT2D eigenvalue weighted by Crippen LogP contribution is 2.20. The summed E-state index contributed by atoms with van der Waals surface area (Å²) in [6, 6.07) is 0. The third-order valence-corrected chi connectivity index (χ3v) is 4.05. The van der Waals surface area contributed by atoms with Crippen LogP contribution in [-0.2, 0) is 19.0 Å². The number of ether oxygens (including phenoxy) is 3. The molecule has 1 fully saturated rings. The van der Waals surface area contributed by atoms with Gasteiger partial charge in [-0.05, 0) is 30.9 Å². The van der Waals surface area contributed by atoms with Crippen molar-refractivity contribution in [1.29, 1.82) is 0 Å². The molecule has 1 aliphatic carbocycles. The van der Waals surface area contributed by atoms with E-state index in [1.165, 1.54) is 6.92 Å². The number of amides is 1. The molecule has 0 aliphatic heterocycles. The highest BCUT2D eigenvalue weighted by molar-refractivity contribution is 5.91. The normalized spacial score (nSPS) is 16.6. The Morgan fingerprint density at radius 2 is 2.00 bits per heavy atom. The second-order valence-corrected chi connectivity index (χ2v) is 6.33. The summed E-state index contributed by atoms with van der Waals surface area (Å²) in [5, 5.41) is 27.7. The van der Waals surface area contributed by atoms with Gasteiger partial charge in [0.1, 0.15) is 6.10 Å². The minimum atomic E-state index is -1.53. The first-order valence-electron chi connectivity index (χ1n) is 9.00. The number of hydrogen-bond acceptors (Lipinski definition) is 10. The number of aromatic nitrogens is 3. The molecule has 1 amide bonds. The lowest BCUT2D eigenvalue weighted by molar-refractivity contribution is -0.178. The van der Waals surface area contributed by atoms with Crippen molar-refractivity contribution in [3.05, 3.63) is 11.9 Å². The number of nitrogens with zero attached hydrogens (tertiary/aromatic N) is 3. The summed E-state index contributed by atoms with van der Waals surface area (Å²) in [6.45, 7) is 1.26. The Balaban J connectivity index is 1.63. The van der Waals surface area contributed by atoms with Crippen LogP contribution in [0, 0.1) is 0 Å².